The van der Waals surface area contributed by atoms with Crippen molar-refractivity contribution in [1.29, 1.82) is 0 Å². The van der Waals surface area contributed by atoms with Gasteiger partial charge in [-0.1, -0.05) is 20.8 Å². The predicted molar refractivity (Wildman–Crippen MR) is 77.0 cm³/mol. The molecule has 112 valence electrons. The summed E-state index contributed by atoms with van der Waals surface area (Å²) in [7, 11) is 1.74. The van der Waals surface area contributed by atoms with Gasteiger partial charge in [-0.3, -0.25) is 9.59 Å². The third-order valence-electron chi connectivity index (χ3n) is 6.91. The maximum absolute atomic E-state index is 12.5. The van der Waals surface area contributed by atoms with Crippen LogP contribution in [0, 0.1) is 16.7 Å². The Morgan fingerprint density at radius 1 is 1.30 bits per heavy atom. The van der Waals surface area contributed by atoms with Crippen molar-refractivity contribution in [1.82, 2.24) is 10.2 Å². The van der Waals surface area contributed by atoms with Gasteiger partial charge in [-0.25, -0.2) is 0 Å². The summed E-state index contributed by atoms with van der Waals surface area (Å²) >= 11 is 0. The average molecular weight is 278 g/mol. The maximum atomic E-state index is 12.5. The molecule has 0 radical (unpaired) electrons. The molecule has 0 aromatic rings. The van der Waals surface area contributed by atoms with E-state index < -0.39 is 0 Å². The Balaban J connectivity index is 1.71. The largest absolute Gasteiger partial charge is 0.351 e. The van der Waals surface area contributed by atoms with Crippen LogP contribution in [0.15, 0.2) is 0 Å². The lowest BCUT2D eigenvalue weighted by atomic mass is 9.69. The van der Waals surface area contributed by atoms with Crippen molar-refractivity contribution in [2.24, 2.45) is 16.7 Å². The molecule has 0 aromatic carbocycles. The average Bonchev–Trinajstić information content (AvgIpc) is 2.88. The topological polar surface area (TPSA) is 49.4 Å². The summed E-state index contributed by atoms with van der Waals surface area (Å²) in [4.78, 5) is 25.7. The fourth-order valence-electron chi connectivity index (χ4n) is 4.80. The molecule has 4 atom stereocenters. The molecular weight excluding hydrogens is 252 g/mol. The molecule has 4 nitrogen and oxygen atoms in total. The molecule has 1 aliphatic heterocycles. The summed E-state index contributed by atoms with van der Waals surface area (Å²) < 4.78 is 0. The highest BCUT2D eigenvalue weighted by molar-refractivity contribution is 5.90. The second-order valence-corrected chi connectivity index (χ2v) is 7.73. The summed E-state index contributed by atoms with van der Waals surface area (Å²) in [5, 5.41) is 3.27. The normalized spacial score (nSPS) is 42.3. The van der Waals surface area contributed by atoms with Gasteiger partial charge in [-0.15, -0.1) is 0 Å². The van der Waals surface area contributed by atoms with Crippen LogP contribution < -0.4 is 5.32 Å². The van der Waals surface area contributed by atoms with Gasteiger partial charge in [0.25, 0.3) is 0 Å². The summed E-state index contributed by atoms with van der Waals surface area (Å²) in [5.74, 6) is 0.860. The van der Waals surface area contributed by atoms with Gasteiger partial charge in [-0.05, 0) is 42.4 Å². The van der Waals surface area contributed by atoms with Gasteiger partial charge in [0.1, 0.15) is 6.04 Å². The van der Waals surface area contributed by atoms with Crippen LogP contribution in [-0.4, -0.2) is 35.8 Å². The van der Waals surface area contributed by atoms with Crippen molar-refractivity contribution in [3.8, 4) is 0 Å². The summed E-state index contributed by atoms with van der Waals surface area (Å²) in [5.41, 5.74) is 0.511. The zero-order chi connectivity index (χ0) is 14.7. The third kappa shape index (κ3) is 1.66. The number of carbonyl (C=O) groups excluding carboxylic acids is 2. The van der Waals surface area contributed by atoms with Crippen LogP contribution in [0.2, 0.25) is 0 Å². The Hall–Kier alpha value is -1.06. The van der Waals surface area contributed by atoms with Crippen LogP contribution in [0.4, 0.5) is 0 Å². The van der Waals surface area contributed by atoms with Gasteiger partial charge in [0.15, 0.2) is 0 Å². The van der Waals surface area contributed by atoms with Crippen molar-refractivity contribution in [3.05, 3.63) is 0 Å². The SMILES string of the molecule is CN1C(=O)CCC1C(=O)NC1CC2CCC1(C)C2(C)C. The van der Waals surface area contributed by atoms with E-state index in [-0.39, 0.29) is 29.3 Å². The first-order valence-electron chi connectivity index (χ1n) is 7.83. The second-order valence-electron chi connectivity index (χ2n) is 7.73. The zero-order valence-electron chi connectivity index (χ0n) is 13.0. The molecule has 2 amide bonds. The van der Waals surface area contributed by atoms with Crippen LogP contribution in [0.1, 0.15) is 52.9 Å². The van der Waals surface area contributed by atoms with E-state index in [0.29, 0.717) is 18.3 Å². The molecule has 0 aromatic heterocycles. The lowest BCUT2D eigenvalue weighted by molar-refractivity contribution is -0.134. The van der Waals surface area contributed by atoms with Crippen LogP contribution in [0.25, 0.3) is 0 Å². The van der Waals surface area contributed by atoms with Gasteiger partial charge >= 0.3 is 0 Å². The molecule has 1 heterocycles. The minimum absolute atomic E-state index is 0.0490. The van der Waals surface area contributed by atoms with Crippen LogP contribution in [0.5, 0.6) is 0 Å². The molecule has 1 saturated heterocycles. The first-order chi connectivity index (χ1) is 9.27. The van der Waals surface area contributed by atoms with E-state index in [1.807, 2.05) is 0 Å². The van der Waals surface area contributed by atoms with E-state index in [0.717, 1.165) is 12.3 Å². The second kappa shape index (κ2) is 4.22. The third-order valence-corrected chi connectivity index (χ3v) is 6.91. The first-order valence-corrected chi connectivity index (χ1v) is 7.83. The van der Waals surface area contributed by atoms with Crippen molar-refractivity contribution in [3.63, 3.8) is 0 Å². The number of likely N-dealkylation sites (N-methyl/N-ethyl adjacent to an activating group) is 1. The molecule has 3 rings (SSSR count). The minimum Gasteiger partial charge on any atom is -0.351 e. The quantitative estimate of drug-likeness (QED) is 0.839. The Labute approximate surface area is 121 Å². The number of rotatable bonds is 2. The van der Waals surface area contributed by atoms with Gasteiger partial charge in [0.2, 0.25) is 11.8 Å². The molecule has 4 heteroatoms. The maximum Gasteiger partial charge on any atom is 0.243 e. The van der Waals surface area contributed by atoms with E-state index in [1.54, 1.807) is 11.9 Å². The van der Waals surface area contributed by atoms with E-state index in [2.05, 4.69) is 26.1 Å². The molecule has 2 bridgehead atoms. The smallest absolute Gasteiger partial charge is 0.243 e. The summed E-state index contributed by atoms with van der Waals surface area (Å²) in [6.45, 7) is 7.03. The van der Waals surface area contributed by atoms with Gasteiger partial charge in [0.05, 0.1) is 0 Å². The van der Waals surface area contributed by atoms with Crippen molar-refractivity contribution in [2.45, 2.75) is 65.0 Å². The Bertz CT molecular complexity index is 459. The Morgan fingerprint density at radius 3 is 2.45 bits per heavy atom. The minimum atomic E-state index is -0.256. The van der Waals surface area contributed by atoms with Gasteiger partial charge in [0, 0.05) is 19.5 Å². The zero-order valence-corrected chi connectivity index (χ0v) is 13.0. The number of fused-ring (bicyclic) bond motifs is 2. The lowest BCUT2D eigenvalue weighted by Gasteiger charge is -2.40. The molecule has 4 unspecified atom stereocenters. The summed E-state index contributed by atoms with van der Waals surface area (Å²) in [6.07, 6.45) is 4.76. The standard InChI is InChI=1S/C16H26N2O2/c1-15(2)10-7-8-16(15,3)12(9-10)17-14(20)11-5-6-13(19)18(11)4/h10-12H,5-9H2,1-4H3,(H,17,20). The van der Waals surface area contributed by atoms with E-state index >= 15 is 0 Å². The Morgan fingerprint density at radius 2 is 2.00 bits per heavy atom. The molecule has 2 saturated carbocycles. The van der Waals surface area contributed by atoms with Gasteiger partial charge in [-0.2, -0.15) is 0 Å². The fraction of sp³-hybridized carbons (Fsp3) is 0.875. The van der Waals surface area contributed by atoms with E-state index in [9.17, 15) is 9.59 Å². The highest BCUT2D eigenvalue weighted by atomic mass is 16.2. The molecular formula is C16H26N2O2. The van der Waals surface area contributed by atoms with Gasteiger partial charge < -0.3 is 10.2 Å². The van der Waals surface area contributed by atoms with Crippen LogP contribution in [0.3, 0.4) is 0 Å². The fourth-order valence-corrected chi connectivity index (χ4v) is 4.80. The molecule has 0 spiro atoms. The van der Waals surface area contributed by atoms with Crippen LogP contribution in [-0.2, 0) is 9.59 Å². The predicted octanol–water partition coefficient (Wildman–Crippen LogP) is 1.94. The highest BCUT2D eigenvalue weighted by Gasteiger charge is 2.61. The first kappa shape index (κ1) is 13.9. The van der Waals surface area contributed by atoms with Crippen molar-refractivity contribution < 1.29 is 9.59 Å². The number of nitrogens with one attached hydrogen (secondary N) is 1. The number of hydrogen-bond acceptors (Lipinski definition) is 2. The highest BCUT2D eigenvalue weighted by Crippen LogP contribution is 2.65. The van der Waals surface area contributed by atoms with Crippen molar-refractivity contribution in [2.75, 3.05) is 7.05 Å². The molecule has 3 fully saturated rings. The monoisotopic (exact) mass is 278 g/mol. The van der Waals surface area contributed by atoms with E-state index in [1.165, 1.54) is 12.8 Å². The lowest BCUT2D eigenvalue weighted by Crippen LogP contribution is -2.52. The number of amides is 2. The number of hydrogen-bond donors (Lipinski definition) is 1. The Kier molecular flexibility index (Phi) is 2.93. The number of likely N-dealkylation sites (tertiary alicyclic amines) is 1. The van der Waals surface area contributed by atoms with E-state index in [4.69, 9.17) is 0 Å². The molecule has 1 N–H and O–H groups in total. The molecule has 20 heavy (non-hydrogen) atoms. The van der Waals surface area contributed by atoms with Crippen molar-refractivity contribution >= 4 is 11.8 Å². The molecule has 3 aliphatic rings. The van der Waals surface area contributed by atoms with Crippen LogP contribution >= 0.6 is 0 Å². The number of nitrogens with zero attached hydrogens (tertiary/aromatic N) is 1. The molecule has 2 aliphatic carbocycles. The summed E-state index contributed by atoms with van der Waals surface area (Å²) in [6, 6.07) is 0.0150. The number of carbonyl (C=O) groups is 2.